The molecule has 3 rings (SSSR count). The number of hydrogen-bond acceptors (Lipinski definition) is 8. The van der Waals surface area contributed by atoms with Gasteiger partial charge in [-0.25, -0.2) is 4.79 Å². The summed E-state index contributed by atoms with van der Waals surface area (Å²) in [5.74, 6) is -1.64. The van der Waals surface area contributed by atoms with E-state index >= 15 is 0 Å². The first-order valence-corrected chi connectivity index (χ1v) is 12.4. The smallest absolute Gasteiger partial charge is 0.329 e. The molecule has 0 spiro atoms. The molecule has 2 amide bonds. The topological polar surface area (TPSA) is 147 Å². The first kappa shape index (κ1) is 28.5. The monoisotopic (exact) mass is 521 g/mol. The second-order valence-electron chi connectivity index (χ2n) is 8.70. The number of carbonyl (C=O) groups excluding carboxylic acids is 2. The van der Waals surface area contributed by atoms with Gasteiger partial charge in [0.15, 0.2) is 0 Å². The van der Waals surface area contributed by atoms with E-state index < -0.39 is 17.9 Å². The van der Waals surface area contributed by atoms with Crippen LogP contribution in [0.25, 0.3) is 11.0 Å². The van der Waals surface area contributed by atoms with Crippen LogP contribution in [-0.4, -0.2) is 84.9 Å². The zero-order valence-corrected chi connectivity index (χ0v) is 21.1. The summed E-state index contributed by atoms with van der Waals surface area (Å²) >= 11 is 0. The number of benzene rings is 1. The predicted molar refractivity (Wildman–Crippen MR) is 132 cm³/mol. The van der Waals surface area contributed by atoms with Crippen LogP contribution in [0.1, 0.15) is 37.3 Å². The van der Waals surface area contributed by atoms with Crippen LogP contribution >= 0.6 is 0 Å². The Kier molecular flexibility index (Phi) is 11.3. The second-order valence-corrected chi connectivity index (χ2v) is 8.70. The third kappa shape index (κ3) is 8.49. The van der Waals surface area contributed by atoms with Crippen LogP contribution in [-0.2, 0) is 46.8 Å². The van der Waals surface area contributed by atoms with Crippen LogP contribution in [0.2, 0.25) is 0 Å². The first-order valence-electron chi connectivity index (χ1n) is 12.4. The summed E-state index contributed by atoms with van der Waals surface area (Å²) in [6.45, 7) is 3.29. The van der Waals surface area contributed by atoms with Gasteiger partial charge in [0, 0.05) is 20.1 Å². The molecule has 1 aromatic heterocycles. The first-order chi connectivity index (χ1) is 17.9. The molecule has 0 bridgehead atoms. The predicted octanol–water partition coefficient (Wildman–Crippen LogP) is 0.791. The van der Waals surface area contributed by atoms with Crippen LogP contribution in [0.4, 0.5) is 0 Å². The maximum atomic E-state index is 12.8. The minimum atomic E-state index is -0.884. The van der Waals surface area contributed by atoms with Crippen molar-refractivity contribution in [1.82, 2.24) is 14.5 Å². The average molecular weight is 522 g/mol. The van der Waals surface area contributed by atoms with E-state index in [0.717, 1.165) is 23.9 Å². The number of aliphatic carboxylic acids is 1. The van der Waals surface area contributed by atoms with Gasteiger partial charge in [0.25, 0.3) is 0 Å². The van der Waals surface area contributed by atoms with E-state index in [1.165, 1.54) is 9.13 Å². The van der Waals surface area contributed by atoms with E-state index in [9.17, 15) is 19.2 Å². The fourth-order valence-electron chi connectivity index (χ4n) is 4.09. The molecule has 0 saturated carbocycles. The van der Waals surface area contributed by atoms with Crippen molar-refractivity contribution in [3.63, 3.8) is 0 Å². The Hall–Kier alpha value is -3.06. The van der Waals surface area contributed by atoms with E-state index in [1.807, 2.05) is 18.2 Å². The Morgan fingerprint density at radius 2 is 1.57 bits per heavy atom. The molecular weight excluding hydrogens is 486 g/mol. The van der Waals surface area contributed by atoms with E-state index in [1.54, 1.807) is 7.05 Å². The number of carbonyl (C=O) groups is 3. The third-order valence-corrected chi connectivity index (χ3v) is 6.01. The summed E-state index contributed by atoms with van der Waals surface area (Å²) in [5.41, 5.74) is 2.20. The number of aryl methyl sites for hydroxylation is 2. The van der Waals surface area contributed by atoms with Gasteiger partial charge >= 0.3 is 11.7 Å². The highest BCUT2D eigenvalue weighted by Gasteiger charge is 2.31. The number of carboxylic acid groups (broad SMARTS) is 1. The maximum Gasteiger partial charge on any atom is 0.329 e. The molecule has 1 aliphatic heterocycles. The second kappa shape index (κ2) is 14.6. The number of ether oxygens (including phenoxy) is 4. The Labute approximate surface area is 214 Å². The number of carboxylic acids is 1. The number of imidazole rings is 1. The molecule has 2 heterocycles. The highest BCUT2D eigenvalue weighted by molar-refractivity contribution is 6.00. The molecule has 1 unspecified atom stereocenters. The SMILES string of the molecule is Cn1c(=O)n(C2CCC(=O)NC2=O)c2ccc(CCCOCCOCCOCCOCCC(=O)O)cc21. The molecular formula is C25H35N3O9. The number of hydrogen-bond donors (Lipinski definition) is 2. The highest BCUT2D eigenvalue weighted by Crippen LogP contribution is 2.24. The molecule has 204 valence electrons. The molecule has 1 aliphatic rings. The number of piperidine rings is 1. The molecule has 1 saturated heterocycles. The Morgan fingerprint density at radius 3 is 2.19 bits per heavy atom. The van der Waals surface area contributed by atoms with Crippen molar-refractivity contribution in [2.45, 2.75) is 38.1 Å². The molecule has 2 aromatic rings. The summed E-state index contributed by atoms with van der Waals surface area (Å²) in [7, 11) is 1.68. The van der Waals surface area contributed by atoms with Crippen molar-refractivity contribution in [2.75, 3.05) is 52.9 Å². The van der Waals surface area contributed by atoms with Crippen molar-refractivity contribution in [3.05, 3.63) is 34.2 Å². The largest absolute Gasteiger partial charge is 0.481 e. The number of fused-ring (bicyclic) bond motifs is 1. The van der Waals surface area contributed by atoms with Gasteiger partial charge in [-0.2, -0.15) is 0 Å². The lowest BCUT2D eigenvalue weighted by molar-refractivity contribution is -0.138. The lowest BCUT2D eigenvalue weighted by atomic mass is 10.1. The standard InChI is InChI=1S/C25H35N3O9/c1-27-21-17-18(4-5-19(21)28(25(27)33)20-6-7-22(29)26-24(20)32)3-2-9-34-11-13-36-15-16-37-14-12-35-10-8-23(30)31/h4-5,17,20H,2-3,6-16H2,1H3,(H,30,31)(H,26,29,32). The van der Waals surface area contributed by atoms with Gasteiger partial charge < -0.3 is 24.1 Å². The maximum absolute atomic E-state index is 12.8. The van der Waals surface area contributed by atoms with Crippen LogP contribution in [0.5, 0.6) is 0 Å². The molecule has 37 heavy (non-hydrogen) atoms. The Bertz CT molecular complexity index is 1120. The van der Waals surface area contributed by atoms with Crippen molar-refractivity contribution in [2.24, 2.45) is 7.05 Å². The molecule has 0 aliphatic carbocycles. The van der Waals surface area contributed by atoms with Gasteiger partial charge in [-0.3, -0.25) is 28.8 Å². The van der Waals surface area contributed by atoms with Crippen molar-refractivity contribution < 1.29 is 38.4 Å². The van der Waals surface area contributed by atoms with Gasteiger partial charge in [0.2, 0.25) is 11.8 Å². The fourth-order valence-corrected chi connectivity index (χ4v) is 4.09. The van der Waals surface area contributed by atoms with Crippen LogP contribution < -0.4 is 11.0 Å². The summed E-state index contributed by atoms with van der Waals surface area (Å²) < 4.78 is 24.5. The number of amides is 2. The quantitative estimate of drug-likeness (QED) is 0.228. The number of nitrogens with zero attached hydrogens (tertiary/aromatic N) is 2. The molecule has 12 heteroatoms. The molecule has 1 fully saturated rings. The van der Waals surface area contributed by atoms with Crippen LogP contribution in [0, 0.1) is 0 Å². The zero-order chi connectivity index (χ0) is 26.6. The summed E-state index contributed by atoms with van der Waals surface area (Å²) in [5, 5.41) is 10.8. The molecule has 1 aromatic carbocycles. The summed E-state index contributed by atoms with van der Waals surface area (Å²) in [6, 6.07) is 5.07. The molecule has 0 radical (unpaired) electrons. The van der Waals surface area contributed by atoms with Crippen LogP contribution in [0.3, 0.4) is 0 Å². The normalized spacial score (nSPS) is 15.9. The molecule has 1 atom stereocenters. The minimum absolute atomic E-state index is 0.0139. The number of aromatic nitrogens is 2. The number of imide groups is 1. The van der Waals surface area contributed by atoms with E-state index in [-0.39, 0.29) is 31.0 Å². The zero-order valence-electron chi connectivity index (χ0n) is 21.1. The van der Waals surface area contributed by atoms with Gasteiger partial charge in [-0.1, -0.05) is 6.07 Å². The summed E-state index contributed by atoms with van der Waals surface area (Å²) in [6.07, 6.45) is 2.09. The van der Waals surface area contributed by atoms with Crippen molar-refractivity contribution in [1.29, 1.82) is 0 Å². The lowest BCUT2D eigenvalue weighted by Crippen LogP contribution is -2.44. The minimum Gasteiger partial charge on any atom is -0.481 e. The van der Waals surface area contributed by atoms with Crippen molar-refractivity contribution >= 4 is 28.8 Å². The van der Waals surface area contributed by atoms with Crippen LogP contribution in [0.15, 0.2) is 23.0 Å². The Balaban J connectivity index is 1.31. The van der Waals surface area contributed by atoms with Gasteiger partial charge in [0.05, 0.1) is 63.7 Å². The lowest BCUT2D eigenvalue weighted by Gasteiger charge is -2.21. The third-order valence-electron chi connectivity index (χ3n) is 6.01. The van der Waals surface area contributed by atoms with E-state index in [2.05, 4.69) is 5.32 Å². The summed E-state index contributed by atoms with van der Waals surface area (Å²) in [4.78, 5) is 47.0. The van der Waals surface area contributed by atoms with Gasteiger partial charge in [-0.05, 0) is 37.0 Å². The highest BCUT2D eigenvalue weighted by atomic mass is 16.6. The molecule has 2 N–H and O–H groups in total. The Morgan fingerprint density at radius 1 is 0.946 bits per heavy atom. The van der Waals surface area contributed by atoms with Crippen molar-refractivity contribution in [3.8, 4) is 0 Å². The van der Waals surface area contributed by atoms with E-state index in [0.29, 0.717) is 58.2 Å². The average Bonchev–Trinajstić information content (AvgIpc) is 3.11. The van der Waals surface area contributed by atoms with E-state index in [4.69, 9.17) is 24.1 Å². The number of rotatable bonds is 17. The molecule has 12 nitrogen and oxygen atoms in total. The van der Waals surface area contributed by atoms with Gasteiger partial charge in [-0.15, -0.1) is 0 Å². The number of nitrogens with one attached hydrogen (secondary N) is 1. The van der Waals surface area contributed by atoms with Gasteiger partial charge in [0.1, 0.15) is 6.04 Å². The fraction of sp³-hybridized carbons (Fsp3) is 0.600.